The lowest BCUT2D eigenvalue weighted by Gasteiger charge is -2.27. The molecule has 0 aromatic heterocycles. The fourth-order valence-corrected chi connectivity index (χ4v) is 2.84. The monoisotopic (exact) mass is 304 g/mol. The Bertz CT molecular complexity index is 478. The SMILES string of the molecule is COc1ccc(C(CN=C(N)NC(C)C)N2CCCC2)cc1. The predicted octanol–water partition coefficient (Wildman–Crippen LogP) is 2.14. The lowest BCUT2D eigenvalue weighted by molar-refractivity contribution is 0.251. The Labute approximate surface area is 133 Å². The van der Waals surface area contributed by atoms with Crippen molar-refractivity contribution in [1.29, 1.82) is 0 Å². The van der Waals surface area contributed by atoms with Gasteiger partial charge in [0.25, 0.3) is 0 Å². The summed E-state index contributed by atoms with van der Waals surface area (Å²) >= 11 is 0. The van der Waals surface area contributed by atoms with Crippen molar-refractivity contribution in [3.63, 3.8) is 0 Å². The Morgan fingerprint density at radius 2 is 1.91 bits per heavy atom. The summed E-state index contributed by atoms with van der Waals surface area (Å²) < 4.78 is 5.25. The number of benzene rings is 1. The second-order valence-corrected chi connectivity index (χ2v) is 6.06. The van der Waals surface area contributed by atoms with Gasteiger partial charge in [-0.25, -0.2) is 0 Å². The number of hydrogen-bond donors (Lipinski definition) is 2. The smallest absolute Gasteiger partial charge is 0.188 e. The van der Waals surface area contributed by atoms with Crippen molar-refractivity contribution in [2.24, 2.45) is 10.7 Å². The molecule has 0 bridgehead atoms. The van der Waals surface area contributed by atoms with Gasteiger partial charge in [-0.3, -0.25) is 9.89 Å². The molecular formula is C17H28N4O. The van der Waals surface area contributed by atoms with Gasteiger partial charge in [-0.1, -0.05) is 12.1 Å². The summed E-state index contributed by atoms with van der Waals surface area (Å²) in [5.41, 5.74) is 7.21. The van der Waals surface area contributed by atoms with Gasteiger partial charge in [0.15, 0.2) is 5.96 Å². The summed E-state index contributed by atoms with van der Waals surface area (Å²) in [5, 5.41) is 3.15. The molecule has 0 saturated carbocycles. The summed E-state index contributed by atoms with van der Waals surface area (Å²) in [4.78, 5) is 7.03. The second kappa shape index (κ2) is 8.03. The Balaban J connectivity index is 2.11. The highest BCUT2D eigenvalue weighted by Gasteiger charge is 2.23. The van der Waals surface area contributed by atoms with Gasteiger partial charge < -0.3 is 15.8 Å². The van der Waals surface area contributed by atoms with E-state index in [0.29, 0.717) is 18.5 Å². The first kappa shape index (κ1) is 16.6. The minimum Gasteiger partial charge on any atom is -0.497 e. The minimum atomic E-state index is 0.279. The number of nitrogens with zero attached hydrogens (tertiary/aromatic N) is 2. The topological polar surface area (TPSA) is 62.9 Å². The van der Waals surface area contributed by atoms with Crippen LogP contribution >= 0.6 is 0 Å². The lowest BCUT2D eigenvalue weighted by Crippen LogP contribution is -2.37. The molecular weight excluding hydrogens is 276 g/mol. The number of rotatable bonds is 6. The molecule has 1 aromatic carbocycles. The van der Waals surface area contributed by atoms with Crippen LogP contribution in [0.15, 0.2) is 29.3 Å². The molecule has 0 amide bonds. The van der Waals surface area contributed by atoms with Crippen LogP contribution in [0.25, 0.3) is 0 Å². The number of aliphatic imine (C=N–C) groups is 1. The zero-order valence-electron chi connectivity index (χ0n) is 13.9. The summed E-state index contributed by atoms with van der Waals surface area (Å²) in [5.74, 6) is 1.40. The molecule has 2 rings (SSSR count). The zero-order valence-corrected chi connectivity index (χ0v) is 13.9. The van der Waals surface area contributed by atoms with Gasteiger partial charge in [-0.15, -0.1) is 0 Å². The van der Waals surface area contributed by atoms with E-state index in [9.17, 15) is 0 Å². The molecule has 1 fully saturated rings. The standard InChI is InChI=1S/C17H28N4O/c1-13(2)20-17(18)19-12-16(21-10-4-5-11-21)14-6-8-15(22-3)9-7-14/h6-9,13,16H,4-5,10-12H2,1-3H3,(H3,18,19,20). The molecule has 1 heterocycles. The van der Waals surface area contributed by atoms with Crippen LogP contribution in [0.1, 0.15) is 38.3 Å². The van der Waals surface area contributed by atoms with Gasteiger partial charge in [0, 0.05) is 6.04 Å². The molecule has 122 valence electrons. The van der Waals surface area contributed by atoms with Crippen molar-refractivity contribution in [2.75, 3.05) is 26.7 Å². The highest BCUT2D eigenvalue weighted by molar-refractivity contribution is 5.78. The number of likely N-dealkylation sites (tertiary alicyclic amines) is 1. The van der Waals surface area contributed by atoms with Gasteiger partial charge in [-0.05, 0) is 57.5 Å². The van der Waals surface area contributed by atoms with Crippen molar-refractivity contribution in [3.05, 3.63) is 29.8 Å². The van der Waals surface area contributed by atoms with Gasteiger partial charge in [0.05, 0.1) is 19.7 Å². The Hall–Kier alpha value is -1.75. The Morgan fingerprint density at radius 1 is 1.27 bits per heavy atom. The molecule has 1 atom stereocenters. The van der Waals surface area contributed by atoms with E-state index in [1.165, 1.54) is 18.4 Å². The number of nitrogens with one attached hydrogen (secondary N) is 1. The van der Waals surface area contributed by atoms with Crippen LogP contribution in [-0.4, -0.2) is 43.6 Å². The first-order chi connectivity index (χ1) is 10.6. The normalized spacial score (nSPS) is 17.7. The van der Waals surface area contributed by atoms with E-state index in [4.69, 9.17) is 10.5 Å². The van der Waals surface area contributed by atoms with E-state index in [-0.39, 0.29) is 6.04 Å². The van der Waals surface area contributed by atoms with Crippen LogP contribution in [0.4, 0.5) is 0 Å². The largest absolute Gasteiger partial charge is 0.497 e. The van der Waals surface area contributed by atoms with E-state index in [2.05, 4.69) is 41.2 Å². The number of methoxy groups -OCH3 is 1. The van der Waals surface area contributed by atoms with Gasteiger partial charge in [0.1, 0.15) is 5.75 Å². The third-order valence-electron chi connectivity index (χ3n) is 3.95. The van der Waals surface area contributed by atoms with Crippen LogP contribution < -0.4 is 15.8 Å². The average Bonchev–Trinajstić information content (AvgIpc) is 3.01. The van der Waals surface area contributed by atoms with E-state index < -0.39 is 0 Å². The van der Waals surface area contributed by atoms with Gasteiger partial charge >= 0.3 is 0 Å². The highest BCUT2D eigenvalue weighted by Crippen LogP contribution is 2.26. The van der Waals surface area contributed by atoms with Crippen LogP contribution in [-0.2, 0) is 0 Å². The summed E-state index contributed by atoms with van der Waals surface area (Å²) in [6, 6.07) is 8.86. The molecule has 1 saturated heterocycles. The molecule has 22 heavy (non-hydrogen) atoms. The molecule has 5 nitrogen and oxygen atoms in total. The number of hydrogen-bond acceptors (Lipinski definition) is 3. The molecule has 1 aliphatic rings. The van der Waals surface area contributed by atoms with E-state index in [0.717, 1.165) is 18.8 Å². The fourth-order valence-electron chi connectivity index (χ4n) is 2.84. The molecule has 1 aromatic rings. The zero-order chi connectivity index (χ0) is 15.9. The minimum absolute atomic E-state index is 0.279. The van der Waals surface area contributed by atoms with E-state index in [1.807, 2.05) is 12.1 Å². The Kier molecular flexibility index (Phi) is 6.07. The van der Waals surface area contributed by atoms with Crippen LogP contribution in [0.2, 0.25) is 0 Å². The number of ether oxygens (including phenoxy) is 1. The van der Waals surface area contributed by atoms with E-state index in [1.54, 1.807) is 7.11 Å². The number of nitrogens with two attached hydrogens (primary N) is 1. The first-order valence-electron chi connectivity index (χ1n) is 8.04. The van der Waals surface area contributed by atoms with E-state index >= 15 is 0 Å². The van der Waals surface area contributed by atoms with Crippen molar-refractivity contribution < 1.29 is 4.74 Å². The molecule has 3 N–H and O–H groups in total. The molecule has 1 aliphatic heterocycles. The second-order valence-electron chi connectivity index (χ2n) is 6.06. The molecule has 0 aliphatic carbocycles. The average molecular weight is 304 g/mol. The third kappa shape index (κ3) is 4.63. The van der Waals surface area contributed by atoms with Gasteiger partial charge in [0.2, 0.25) is 0 Å². The quantitative estimate of drug-likeness (QED) is 0.624. The van der Waals surface area contributed by atoms with Crippen molar-refractivity contribution >= 4 is 5.96 Å². The molecule has 5 heteroatoms. The third-order valence-corrected chi connectivity index (χ3v) is 3.95. The van der Waals surface area contributed by atoms with Crippen molar-refractivity contribution in [1.82, 2.24) is 10.2 Å². The van der Waals surface area contributed by atoms with Crippen LogP contribution in [0.3, 0.4) is 0 Å². The Morgan fingerprint density at radius 3 is 2.45 bits per heavy atom. The first-order valence-corrected chi connectivity index (χ1v) is 8.04. The van der Waals surface area contributed by atoms with Crippen molar-refractivity contribution in [3.8, 4) is 5.75 Å². The lowest BCUT2D eigenvalue weighted by atomic mass is 10.1. The molecule has 0 radical (unpaired) electrons. The molecule has 0 spiro atoms. The summed E-state index contributed by atoms with van der Waals surface area (Å²) in [6.07, 6.45) is 2.52. The van der Waals surface area contributed by atoms with Gasteiger partial charge in [-0.2, -0.15) is 0 Å². The maximum absolute atomic E-state index is 5.95. The predicted molar refractivity (Wildman–Crippen MR) is 91.3 cm³/mol. The number of guanidine groups is 1. The maximum Gasteiger partial charge on any atom is 0.188 e. The summed E-state index contributed by atoms with van der Waals surface area (Å²) in [6.45, 7) is 7.05. The van der Waals surface area contributed by atoms with Crippen molar-refractivity contribution in [2.45, 2.75) is 38.8 Å². The fraction of sp³-hybridized carbons (Fsp3) is 0.588. The van der Waals surface area contributed by atoms with Crippen LogP contribution in [0, 0.1) is 0 Å². The molecule has 1 unspecified atom stereocenters. The summed E-state index contributed by atoms with van der Waals surface area (Å²) in [7, 11) is 1.69. The van der Waals surface area contributed by atoms with Crippen LogP contribution in [0.5, 0.6) is 5.75 Å². The highest BCUT2D eigenvalue weighted by atomic mass is 16.5. The maximum atomic E-state index is 5.95.